The van der Waals surface area contributed by atoms with Gasteiger partial charge in [-0.05, 0) is 18.2 Å². The lowest BCUT2D eigenvalue weighted by molar-refractivity contribution is 1.00. The summed E-state index contributed by atoms with van der Waals surface area (Å²) in [7, 11) is 0. The zero-order chi connectivity index (χ0) is 12.1. The van der Waals surface area contributed by atoms with Crippen LogP contribution in [0.25, 0.3) is 5.69 Å². The number of guanidine groups is 1. The monoisotopic (exact) mass is 227 g/mol. The fourth-order valence-electron chi connectivity index (χ4n) is 1.43. The van der Waals surface area contributed by atoms with Crippen LogP contribution in [-0.4, -0.2) is 16.7 Å². The van der Waals surface area contributed by atoms with Crippen LogP contribution in [0.2, 0.25) is 0 Å². The highest BCUT2D eigenvalue weighted by Gasteiger charge is 1.96. The van der Waals surface area contributed by atoms with Crippen LogP contribution in [0.1, 0.15) is 5.56 Å². The van der Waals surface area contributed by atoms with Crippen molar-refractivity contribution >= 4 is 12.2 Å². The average molecular weight is 227 g/mol. The zero-order valence-electron chi connectivity index (χ0n) is 9.17. The molecule has 0 aliphatic rings. The van der Waals surface area contributed by atoms with Crippen molar-refractivity contribution in [3.8, 4) is 5.69 Å². The van der Waals surface area contributed by atoms with E-state index < -0.39 is 0 Å². The number of aromatic nitrogens is 1. The molecule has 0 aliphatic carbocycles. The van der Waals surface area contributed by atoms with E-state index in [1.807, 2.05) is 53.4 Å². The van der Waals surface area contributed by atoms with E-state index in [1.54, 1.807) is 6.21 Å². The second-order valence-electron chi connectivity index (χ2n) is 3.47. The molecule has 2 aromatic rings. The van der Waals surface area contributed by atoms with Crippen LogP contribution in [0.15, 0.2) is 53.9 Å². The van der Waals surface area contributed by atoms with Gasteiger partial charge in [0.05, 0.1) is 6.21 Å². The molecule has 0 amide bonds. The van der Waals surface area contributed by atoms with E-state index in [9.17, 15) is 0 Å². The van der Waals surface area contributed by atoms with Gasteiger partial charge in [0.1, 0.15) is 0 Å². The van der Waals surface area contributed by atoms with Crippen molar-refractivity contribution in [2.45, 2.75) is 0 Å². The lowest BCUT2D eigenvalue weighted by atomic mass is 10.3. The van der Waals surface area contributed by atoms with Gasteiger partial charge in [0.2, 0.25) is 5.96 Å². The molecule has 0 fully saturated rings. The number of rotatable bonds is 3. The highest BCUT2D eigenvalue weighted by Crippen LogP contribution is 2.08. The molecular formula is C12H13N5. The van der Waals surface area contributed by atoms with Gasteiger partial charge in [0, 0.05) is 23.6 Å². The summed E-state index contributed by atoms with van der Waals surface area (Å²) in [5, 5.41) is 10.8. The highest BCUT2D eigenvalue weighted by atomic mass is 15.3. The molecule has 2 rings (SSSR count). The molecule has 0 saturated heterocycles. The molecule has 1 heterocycles. The van der Waals surface area contributed by atoms with Crippen molar-refractivity contribution in [1.82, 2.24) is 9.99 Å². The van der Waals surface area contributed by atoms with E-state index in [-0.39, 0.29) is 5.96 Å². The van der Waals surface area contributed by atoms with Crippen molar-refractivity contribution in [2.75, 3.05) is 0 Å². The number of nitrogens with one attached hydrogen (secondary N) is 2. The molecule has 0 saturated carbocycles. The van der Waals surface area contributed by atoms with Crippen molar-refractivity contribution < 1.29 is 0 Å². The number of hydrogen-bond donors (Lipinski definition) is 3. The van der Waals surface area contributed by atoms with E-state index in [2.05, 4.69) is 10.5 Å². The Morgan fingerprint density at radius 1 is 1.29 bits per heavy atom. The first kappa shape index (κ1) is 10.9. The maximum absolute atomic E-state index is 6.95. The minimum atomic E-state index is -0.177. The molecular weight excluding hydrogens is 214 g/mol. The summed E-state index contributed by atoms with van der Waals surface area (Å²) in [6.07, 6.45) is 5.51. The van der Waals surface area contributed by atoms with Crippen molar-refractivity contribution in [3.05, 3.63) is 54.4 Å². The molecule has 1 aromatic heterocycles. The Morgan fingerprint density at radius 3 is 2.76 bits per heavy atom. The van der Waals surface area contributed by atoms with E-state index in [0.29, 0.717) is 0 Å². The number of benzene rings is 1. The fourth-order valence-corrected chi connectivity index (χ4v) is 1.43. The summed E-state index contributed by atoms with van der Waals surface area (Å²) in [5.74, 6) is -0.177. The summed E-state index contributed by atoms with van der Waals surface area (Å²) < 4.78 is 2.00. The molecule has 4 N–H and O–H groups in total. The number of hydrazone groups is 1. The average Bonchev–Trinajstić information content (AvgIpc) is 2.78. The van der Waals surface area contributed by atoms with Crippen molar-refractivity contribution in [2.24, 2.45) is 10.8 Å². The van der Waals surface area contributed by atoms with Gasteiger partial charge in [-0.15, -0.1) is 0 Å². The predicted octanol–water partition coefficient (Wildman–Crippen LogP) is 1.29. The lowest BCUT2D eigenvalue weighted by Gasteiger charge is -2.00. The smallest absolute Gasteiger partial charge is 0.206 e. The first-order valence-corrected chi connectivity index (χ1v) is 5.12. The topological polar surface area (TPSA) is 79.2 Å². The number of para-hydroxylation sites is 1. The third-order valence-electron chi connectivity index (χ3n) is 2.17. The van der Waals surface area contributed by atoms with Crippen LogP contribution in [0.5, 0.6) is 0 Å². The summed E-state index contributed by atoms with van der Waals surface area (Å²) in [5.41, 5.74) is 9.49. The second kappa shape index (κ2) is 4.98. The highest BCUT2D eigenvalue weighted by molar-refractivity contribution is 5.81. The number of nitrogens with two attached hydrogens (primary N) is 1. The van der Waals surface area contributed by atoms with Crippen LogP contribution >= 0.6 is 0 Å². The first-order chi connectivity index (χ1) is 8.25. The molecule has 86 valence electrons. The fraction of sp³-hybridized carbons (Fsp3) is 0. The predicted molar refractivity (Wildman–Crippen MR) is 68.4 cm³/mol. The van der Waals surface area contributed by atoms with Gasteiger partial charge in [-0.25, -0.2) is 5.43 Å². The van der Waals surface area contributed by atoms with Crippen LogP contribution in [0.3, 0.4) is 0 Å². The first-order valence-electron chi connectivity index (χ1n) is 5.12. The quantitative estimate of drug-likeness (QED) is 0.419. The van der Waals surface area contributed by atoms with Crippen LogP contribution in [0.4, 0.5) is 0 Å². The molecule has 0 aliphatic heterocycles. The third-order valence-corrected chi connectivity index (χ3v) is 2.17. The lowest BCUT2D eigenvalue weighted by Crippen LogP contribution is -2.25. The van der Waals surface area contributed by atoms with Gasteiger partial charge in [-0.3, -0.25) is 5.41 Å². The third kappa shape index (κ3) is 2.94. The van der Waals surface area contributed by atoms with Gasteiger partial charge in [0.15, 0.2) is 0 Å². The van der Waals surface area contributed by atoms with Gasteiger partial charge < -0.3 is 10.3 Å². The van der Waals surface area contributed by atoms with E-state index in [4.69, 9.17) is 11.1 Å². The molecule has 0 unspecified atom stereocenters. The largest absolute Gasteiger partial charge is 0.369 e. The van der Waals surface area contributed by atoms with E-state index >= 15 is 0 Å². The summed E-state index contributed by atoms with van der Waals surface area (Å²) in [6.45, 7) is 0. The molecule has 5 nitrogen and oxygen atoms in total. The normalized spacial score (nSPS) is 10.6. The minimum absolute atomic E-state index is 0.177. The molecule has 5 heteroatoms. The Bertz CT molecular complexity index is 527. The maximum Gasteiger partial charge on any atom is 0.206 e. The van der Waals surface area contributed by atoms with E-state index in [1.165, 1.54) is 0 Å². The van der Waals surface area contributed by atoms with Gasteiger partial charge in [-0.2, -0.15) is 5.10 Å². The summed E-state index contributed by atoms with van der Waals surface area (Å²) >= 11 is 0. The molecule has 0 bridgehead atoms. The molecule has 0 atom stereocenters. The van der Waals surface area contributed by atoms with Crippen molar-refractivity contribution in [3.63, 3.8) is 0 Å². The molecule has 0 spiro atoms. The van der Waals surface area contributed by atoms with Gasteiger partial charge >= 0.3 is 0 Å². The SMILES string of the molecule is N=C(N)N/N=C/c1ccn(-c2ccccc2)c1. The van der Waals surface area contributed by atoms with E-state index in [0.717, 1.165) is 11.3 Å². The Kier molecular flexibility index (Phi) is 3.20. The van der Waals surface area contributed by atoms with Crippen LogP contribution in [0, 0.1) is 5.41 Å². The Labute approximate surface area is 99.1 Å². The Balaban J connectivity index is 2.11. The van der Waals surface area contributed by atoms with Gasteiger partial charge in [0.25, 0.3) is 0 Å². The molecule has 0 radical (unpaired) electrons. The molecule has 17 heavy (non-hydrogen) atoms. The number of nitrogens with zero attached hydrogens (tertiary/aromatic N) is 2. The second-order valence-corrected chi connectivity index (χ2v) is 3.47. The Hall–Kier alpha value is -2.56. The molecule has 1 aromatic carbocycles. The Morgan fingerprint density at radius 2 is 2.06 bits per heavy atom. The van der Waals surface area contributed by atoms with Crippen LogP contribution < -0.4 is 11.2 Å². The number of hydrogen-bond acceptors (Lipinski definition) is 2. The summed E-state index contributed by atoms with van der Waals surface area (Å²) in [4.78, 5) is 0. The maximum atomic E-state index is 6.95. The van der Waals surface area contributed by atoms with Crippen LogP contribution in [-0.2, 0) is 0 Å². The minimum Gasteiger partial charge on any atom is -0.369 e. The van der Waals surface area contributed by atoms with Gasteiger partial charge in [-0.1, -0.05) is 18.2 Å². The zero-order valence-corrected chi connectivity index (χ0v) is 9.17. The van der Waals surface area contributed by atoms with Crippen molar-refractivity contribution in [1.29, 1.82) is 5.41 Å². The summed E-state index contributed by atoms with van der Waals surface area (Å²) in [6, 6.07) is 11.9. The standard InChI is InChI=1S/C12H13N5/c13-12(14)16-15-8-10-6-7-17(9-10)11-4-2-1-3-5-11/h1-9H,(H4,13,14,16)/b15-8+.